The second-order valence-corrected chi connectivity index (χ2v) is 8.22. The van der Waals surface area contributed by atoms with Gasteiger partial charge in [0, 0.05) is 23.2 Å². The van der Waals surface area contributed by atoms with Crippen molar-refractivity contribution in [1.82, 2.24) is 10.0 Å². The van der Waals surface area contributed by atoms with Gasteiger partial charge in [-0.3, -0.25) is 9.91 Å². The molecule has 0 unspecified atom stereocenters. The summed E-state index contributed by atoms with van der Waals surface area (Å²) < 4.78 is 41.7. The van der Waals surface area contributed by atoms with Crippen molar-refractivity contribution in [2.24, 2.45) is 5.41 Å². The van der Waals surface area contributed by atoms with Crippen LogP contribution in [0.4, 0.5) is 23.7 Å². The first kappa shape index (κ1) is 18.1. The van der Waals surface area contributed by atoms with Crippen LogP contribution in [-0.4, -0.2) is 34.4 Å². The lowest BCUT2D eigenvalue weighted by Gasteiger charge is -2.35. The topological polar surface area (TPSA) is 26.8 Å². The number of para-hydroxylation sites is 1. The van der Waals surface area contributed by atoms with Crippen LogP contribution in [0.3, 0.4) is 0 Å². The third kappa shape index (κ3) is 2.36. The molecule has 0 spiro atoms. The van der Waals surface area contributed by atoms with Crippen LogP contribution >= 0.6 is 0 Å². The highest BCUT2D eigenvalue weighted by Gasteiger charge is 2.67. The summed E-state index contributed by atoms with van der Waals surface area (Å²) in [7, 11) is 0. The molecule has 2 atom stereocenters. The van der Waals surface area contributed by atoms with E-state index in [1.165, 1.54) is 4.90 Å². The van der Waals surface area contributed by atoms with Crippen molar-refractivity contribution >= 4 is 17.3 Å². The summed E-state index contributed by atoms with van der Waals surface area (Å²) in [5, 5.41) is 2.51. The lowest BCUT2D eigenvalue weighted by Crippen LogP contribution is -2.47. The Labute approximate surface area is 166 Å². The number of amides is 2. The smallest absolute Gasteiger partial charge is 0.269 e. The molecule has 0 N–H and O–H groups in total. The van der Waals surface area contributed by atoms with Gasteiger partial charge in [-0.05, 0) is 23.3 Å². The normalized spacial score (nSPS) is 25.3. The van der Waals surface area contributed by atoms with Gasteiger partial charge in [0.25, 0.3) is 0 Å². The maximum Gasteiger partial charge on any atom is 0.411 e. The van der Waals surface area contributed by atoms with Crippen molar-refractivity contribution in [3.05, 3.63) is 71.9 Å². The number of hydrazine groups is 1. The van der Waals surface area contributed by atoms with Crippen LogP contribution < -0.4 is 4.90 Å². The Hall–Kier alpha value is -2.96. The van der Waals surface area contributed by atoms with Crippen LogP contribution in [0.5, 0.6) is 0 Å². The molecule has 5 rings (SSSR count). The molecule has 0 bridgehead atoms. The molecule has 0 saturated carbocycles. The average molecular weight is 399 g/mol. The predicted molar refractivity (Wildman–Crippen MR) is 103 cm³/mol. The van der Waals surface area contributed by atoms with Crippen LogP contribution in [0.15, 0.2) is 66.4 Å². The molecule has 29 heavy (non-hydrogen) atoms. The Kier molecular flexibility index (Phi) is 3.61. The number of rotatable bonds is 2. The molecule has 2 aromatic rings. The Balaban J connectivity index is 1.73. The Morgan fingerprint density at radius 2 is 1.52 bits per heavy atom. The molecular formula is C22H20F3N3O. The second-order valence-electron chi connectivity index (χ2n) is 8.22. The first-order valence-corrected chi connectivity index (χ1v) is 9.55. The fraction of sp³-hybridized carbons (Fsp3) is 0.318. The summed E-state index contributed by atoms with van der Waals surface area (Å²) >= 11 is 0. The Bertz CT molecular complexity index is 1000. The van der Waals surface area contributed by atoms with Crippen LogP contribution in [0.2, 0.25) is 0 Å². The number of urea groups is 1. The molecule has 7 heteroatoms. The first-order chi connectivity index (χ1) is 13.7. The number of carbonyl (C=O) groups is 1. The number of anilines is 1. The molecule has 0 aromatic heterocycles. The number of hydrogen-bond acceptors (Lipinski definition) is 2. The predicted octanol–water partition coefficient (Wildman–Crippen LogP) is 5.26. The van der Waals surface area contributed by atoms with Gasteiger partial charge < -0.3 is 0 Å². The van der Waals surface area contributed by atoms with Crippen LogP contribution in [0.1, 0.15) is 25.8 Å². The quantitative estimate of drug-likeness (QED) is 0.689. The van der Waals surface area contributed by atoms with Gasteiger partial charge in [-0.15, -0.1) is 0 Å². The van der Waals surface area contributed by atoms with Gasteiger partial charge in [0.2, 0.25) is 0 Å². The van der Waals surface area contributed by atoms with Crippen molar-refractivity contribution < 1.29 is 18.0 Å². The van der Waals surface area contributed by atoms with E-state index in [2.05, 4.69) is 0 Å². The third-order valence-corrected chi connectivity index (χ3v) is 6.12. The number of halogens is 3. The van der Waals surface area contributed by atoms with Crippen molar-refractivity contribution in [3.63, 3.8) is 0 Å². The van der Waals surface area contributed by atoms with Crippen LogP contribution in [0.25, 0.3) is 5.57 Å². The van der Waals surface area contributed by atoms with E-state index in [0.717, 1.165) is 16.1 Å². The molecule has 3 heterocycles. The fourth-order valence-electron chi connectivity index (χ4n) is 5.04. The van der Waals surface area contributed by atoms with E-state index < -0.39 is 29.8 Å². The molecule has 3 aliphatic heterocycles. The molecule has 2 aromatic carbocycles. The molecule has 3 aliphatic rings. The molecule has 4 nitrogen and oxygen atoms in total. The van der Waals surface area contributed by atoms with E-state index in [0.29, 0.717) is 11.4 Å². The number of nitrogens with zero attached hydrogens (tertiary/aromatic N) is 3. The van der Waals surface area contributed by atoms with E-state index >= 15 is 0 Å². The SMILES string of the molecule is CC1(C)C(c2ccccc2)=C2C[C@@H](C(F)(F)F)N3C(=O)N(c4ccccc4)[C@H]1N23. The van der Waals surface area contributed by atoms with E-state index in [1.54, 1.807) is 29.3 Å². The van der Waals surface area contributed by atoms with Crippen molar-refractivity contribution in [2.75, 3.05) is 4.90 Å². The lowest BCUT2D eigenvalue weighted by atomic mass is 9.78. The zero-order valence-electron chi connectivity index (χ0n) is 16.0. The zero-order valence-corrected chi connectivity index (χ0v) is 16.0. The van der Waals surface area contributed by atoms with E-state index in [9.17, 15) is 18.0 Å². The maximum absolute atomic E-state index is 13.9. The standard InChI is InChI=1S/C22H20F3N3O/c1-21(2)18(14-9-5-3-6-10-14)16-13-17(22(23,24)25)28-20(29)26(19(21)27(16)28)15-11-7-4-8-12-15/h3-12,17,19H,13H2,1-2H3/t17-,19-/m0/s1. The van der Waals surface area contributed by atoms with Crippen LogP contribution in [0, 0.1) is 5.41 Å². The van der Waals surface area contributed by atoms with Gasteiger partial charge in [-0.25, -0.2) is 9.80 Å². The highest BCUT2D eigenvalue weighted by Crippen LogP contribution is 2.59. The first-order valence-electron chi connectivity index (χ1n) is 9.55. The van der Waals surface area contributed by atoms with Gasteiger partial charge >= 0.3 is 12.2 Å². The van der Waals surface area contributed by atoms with Crippen molar-refractivity contribution in [2.45, 2.75) is 38.7 Å². The van der Waals surface area contributed by atoms with Crippen molar-refractivity contribution in [3.8, 4) is 0 Å². The molecule has 0 radical (unpaired) electrons. The van der Waals surface area contributed by atoms with E-state index in [1.807, 2.05) is 50.2 Å². The van der Waals surface area contributed by atoms with Gasteiger partial charge in [0.15, 0.2) is 6.04 Å². The number of carbonyl (C=O) groups excluding carboxylic acids is 1. The lowest BCUT2D eigenvalue weighted by molar-refractivity contribution is -0.184. The molecule has 2 amide bonds. The summed E-state index contributed by atoms with van der Waals surface area (Å²) in [5.41, 5.74) is 2.38. The van der Waals surface area contributed by atoms with Crippen molar-refractivity contribution in [1.29, 1.82) is 0 Å². The van der Waals surface area contributed by atoms with Gasteiger partial charge in [-0.1, -0.05) is 62.4 Å². The molecule has 2 saturated heterocycles. The monoisotopic (exact) mass is 399 g/mol. The summed E-state index contributed by atoms with van der Waals surface area (Å²) in [6, 6.07) is 16.0. The summed E-state index contributed by atoms with van der Waals surface area (Å²) in [5.74, 6) is 0. The molecule has 150 valence electrons. The number of benzene rings is 2. The maximum atomic E-state index is 13.9. The zero-order chi connectivity index (χ0) is 20.6. The minimum absolute atomic E-state index is 0.220. The highest BCUT2D eigenvalue weighted by atomic mass is 19.4. The van der Waals surface area contributed by atoms with Gasteiger partial charge in [0.1, 0.15) is 6.17 Å². The van der Waals surface area contributed by atoms with E-state index in [4.69, 9.17) is 0 Å². The number of hydrogen-bond donors (Lipinski definition) is 0. The third-order valence-electron chi connectivity index (χ3n) is 6.12. The minimum atomic E-state index is -4.50. The molecular weight excluding hydrogens is 379 g/mol. The fourth-order valence-corrected chi connectivity index (χ4v) is 5.04. The Morgan fingerprint density at radius 1 is 0.931 bits per heavy atom. The minimum Gasteiger partial charge on any atom is -0.269 e. The second kappa shape index (κ2) is 5.78. The Morgan fingerprint density at radius 3 is 2.10 bits per heavy atom. The summed E-state index contributed by atoms with van der Waals surface area (Å²) in [6.07, 6.45) is -5.27. The largest absolute Gasteiger partial charge is 0.411 e. The molecule has 2 fully saturated rings. The van der Waals surface area contributed by atoms with Gasteiger partial charge in [-0.2, -0.15) is 13.2 Å². The van der Waals surface area contributed by atoms with Gasteiger partial charge in [0.05, 0.1) is 0 Å². The van der Waals surface area contributed by atoms with Crippen LogP contribution in [-0.2, 0) is 0 Å². The summed E-state index contributed by atoms with van der Waals surface area (Å²) in [6.45, 7) is 4.00. The number of alkyl halides is 3. The van der Waals surface area contributed by atoms with E-state index in [-0.39, 0.29) is 6.42 Å². The molecule has 0 aliphatic carbocycles. The summed E-state index contributed by atoms with van der Waals surface area (Å²) in [4.78, 5) is 14.8. The highest BCUT2D eigenvalue weighted by molar-refractivity contribution is 5.98. The average Bonchev–Trinajstić information content (AvgIpc) is 3.27.